The van der Waals surface area contributed by atoms with Crippen molar-refractivity contribution in [1.29, 1.82) is 0 Å². The van der Waals surface area contributed by atoms with Gasteiger partial charge in [-0.2, -0.15) is 9.78 Å². The van der Waals surface area contributed by atoms with Crippen LogP contribution in [0.15, 0.2) is 46.7 Å². The Morgan fingerprint density at radius 1 is 1.25 bits per heavy atom. The average Bonchev–Trinajstić information content (AvgIpc) is 3.19. The summed E-state index contributed by atoms with van der Waals surface area (Å²) in [5.74, 6) is -1.12. The molecule has 32 heavy (non-hydrogen) atoms. The lowest BCUT2D eigenvalue weighted by Crippen LogP contribution is -2.03. The summed E-state index contributed by atoms with van der Waals surface area (Å²) in [4.78, 5) is 10.5. The highest BCUT2D eigenvalue weighted by Gasteiger charge is 2.20. The number of nitro groups is 1. The minimum absolute atomic E-state index is 0.180. The summed E-state index contributed by atoms with van der Waals surface area (Å²) in [5, 5.41) is 22.5. The second-order valence-corrected chi connectivity index (χ2v) is 6.90. The van der Waals surface area contributed by atoms with Crippen molar-refractivity contribution in [2.24, 2.45) is 5.10 Å². The van der Waals surface area contributed by atoms with Gasteiger partial charge in [-0.05, 0) is 36.1 Å². The lowest BCUT2D eigenvalue weighted by Gasteiger charge is -2.11. The van der Waals surface area contributed by atoms with Gasteiger partial charge in [-0.15, -0.1) is 10.2 Å². The molecule has 1 aromatic heterocycles. The molecule has 0 unspecified atom stereocenters. The summed E-state index contributed by atoms with van der Waals surface area (Å²) < 4.78 is 51.5. The van der Waals surface area contributed by atoms with Crippen molar-refractivity contribution in [2.75, 3.05) is 13.4 Å². The number of nitro benzene ring substituents is 1. The van der Waals surface area contributed by atoms with Gasteiger partial charge in [-0.3, -0.25) is 10.1 Å². The standard InChI is InChI=1S/C19H16F3N5O4S/c1-30-15-6-3-11(9-23-26-18(17(21)22)24-25-19(26)32-2)7-12(15)10-31-16-8-13(20)4-5-14(16)27(28)29/h3-9,17H,10H2,1-2H3/b23-9+. The molecular weight excluding hydrogens is 451 g/mol. The highest BCUT2D eigenvalue weighted by Crippen LogP contribution is 2.30. The summed E-state index contributed by atoms with van der Waals surface area (Å²) in [7, 11) is 1.42. The van der Waals surface area contributed by atoms with Crippen molar-refractivity contribution in [2.45, 2.75) is 18.2 Å². The fourth-order valence-corrected chi connectivity index (χ4v) is 3.11. The molecule has 0 spiro atoms. The first-order valence-electron chi connectivity index (χ1n) is 8.89. The van der Waals surface area contributed by atoms with Crippen molar-refractivity contribution in [3.63, 3.8) is 0 Å². The SMILES string of the molecule is COc1ccc(/C=N/n2c(SC)nnc2C(F)F)cc1COc1cc(F)ccc1[N+](=O)[O-]. The summed E-state index contributed by atoms with van der Waals surface area (Å²) in [6.07, 6.45) is 0.116. The van der Waals surface area contributed by atoms with Gasteiger partial charge in [0.25, 0.3) is 6.43 Å². The highest BCUT2D eigenvalue weighted by molar-refractivity contribution is 7.98. The number of methoxy groups -OCH3 is 1. The zero-order valence-corrected chi connectivity index (χ0v) is 17.6. The lowest BCUT2D eigenvalue weighted by molar-refractivity contribution is -0.386. The Bertz CT molecular complexity index is 1160. The van der Waals surface area contributed by atoms with E-state index in [1.54, 1.807) is 24.5 Å². The number of halogens is 3. The zero-order valence-electron chi connectivity index (χ0n) is 16.7. The maximum Gasteiger partial charge on any atom is 0.311 e. The van der Waals surface area contributed by atoms with Crippen molar-refractivity contribution < 1.29 is 27.6 Å². The molecule has 3 aromatic rings. The molecule has 2 aromatic carbocycles. The van der Waals surface area contributed by atoms with Gasteiger partial charge in [0.2, 0.25) is 11.0 Å². The van der Waals surface area contributed by atoms with Crippen molar-refractivity contribution in [3.8, 4) is 11.5 Å². The molecule has 9 nitrogen and oxygen atoms in total. The predicted octanol–water partition coefficient (Wildman–Crippen LogP) is 4.45. The molecule has 13 heteroatoms. The van der Waals surface area contributed by atoms with Crippen molar-refractivity contribution in [1.82, 2.24) is 14.9 Å². The summed E-state index contributed by atoms with van der Waals surface area (Å²) in [5.41, 5.74) is 0.580. The van der Waals surface area contributed by atoms with Crippen LogP contribution in [0.25, 0.3) is 0 Å². The number of aromatic nitrogens is 3. The van der Waals surface area contributed by atoms with Gasteiger partial charge in [0.1, 0.15) is 18.2 Å². The van der Waals surface area contributed by atoms with E-state index in [4.69, 9.17) is 9.47 Å². The molecule has 0 aliphatic rings. The van der Waals surface area contributed by atoms with Crippen LogP contribution in [0.2, 0.25) is 0 Å². The fraction of sp³-hybridized carbons (Fsp3) is 0.211. The van der Waals surface area contributed by atoms with E-state index in [1.807, 2.05) is 0 Å². The topological polar surface area (TPSA) is 105 Å². The molecule has 168 valence electrons. The van der Waals surface area contributed by atoms with Crippen molar-refractivity contribution in [3.05, 3.63) is 69.3 Å². The second kappa shape index (κ2) is 10.1. The molecular formula is C19H16F3N5O4S. The minimum atomic E-state index is -2.86. The van der Waals surface area contributed by atoms with Gasteiger partial charge in [0.15, 0.2) is 5.75 Å². The molecule has 0 bridgehead atoms. The van der Waals surface area contributed by atoms with Crippen LogP contribution in [0.3, 0.4) is 0 Å². The fourth-order valence-electron chi connectivity index (χ4n) is 2.67. The maximum absolute atomic E-state index is 13.5. The third-order valence-electron chi connectivity index (χ3n) is 4.14. The summed E-state index contributed by atoms with van der Waals surface area (Å²) >= 11 is 1.11. The molecule has 1 heterocycles. The zero-order chi connectivity index (χ0) is 23.3. The lowest BCUT2D eigenvalue weighted by atomic mass is 10.1. The number of alkyl halides is 2. The van der Waals surface area contributed by atoms with E-state index < -0.39 is 23.0 Å². The first kappa shape index (κ1) is 23.1. The van der Waals surface area contributed by atoms with Crippen LogP contribution in [-0.2, 0) is 6.61 Å². The predicted molar refractivity (Wildman–Crippen MR) is 110 cm³/mol. The van der Waals surface area contributed by atoms with Crippen LogP contribution in [0, 0.1) is 15.9 Å². The Kier molecular flexibility index (Phi) is 7.30. The van der Waals surface area contributed by atoms with Gasteiger partial charge in [-0.25, -0.2) is 13.2 Å². The first-order valence-corrected chi connectivity index (χ1v) is 10.1. The Hall–Kier alpha value is -3.61. The van der Waals surface area contributed by atoms with Crippen LogP contribution < -0.4 is 9.47 Å². The van der Waals surface area contributed by atoms with Crippen LogP contribution in [0.1, 0.15) is 23.4 Å². The van der Waals surface area contributed by atoms with E-state index in [9.17, 15) is 23.3 Å². The van der Waals surface area contributed by atoms with Crippen LogP contribution in [0.4, 0.5) is 18.9 Å². The maximum atomic E-state index is 13.5. The van der Waals surface area contributed by atoms with E-state index in [-0.39, 0.29) is 23.2 Å². The van der Waals surface area contributed by atoms with Gasteiger partial charge < -0.3 is 9.47 Å². The molecule has 0 aliphatic heterocycles. The molecule has 0 saturated carbocycles. The Morgan fingerprint density at radius 3 is 2.69 bits per heavy atom. The average molecular weight is 467 g/mol. The quantitative estimate of drug-likeness (QED) is 0.198. The summed E-state index contributed by atoms with van der Waals surface area (Å²) in [6.45, 7) is -0.180. The van der Waals surface area contributed by atoms with Gasteiger partial charge >= 0.3 is 5.69 Å². The smallest absolute Gasteiger partial charge is 0.311 e. The van der Waals surface area contributed by atoms with Crippen molar-refractivity contribution >= 4 is 23.7 Å². The van der Waals surface area contributed by atoms with Crippen LogP contribution in [-0.4, -0.2) is 39.4 Å². The second-order valence-electron chi connectivity index (χ2n) is 6.13. The molecule has 0 fully saturated rings. The van der Waals surface area contributed by atoms with E-state index in [0.717, 1.165) is 34.6 Å². The third kappa shape index (κ3) is 5.17. The number of hydrogen-bond acceptors (Lipinski definition) is 8. The molecule has 3 rings (SSSR count). The van der Waals surface area contributed by atoms with Gasteiger partial charge in [0.05, 0.1) is 18.2 Å². The van der Waals surface area contributed by atoms with E-state index in [2.05, 4.69) is 15.3 Å². The third-order valence-corrected chi connectivity index (χ3v) is 4.76. The normalized spacial score (nSPS) is 11.3. The number of ether oxygens (including phenoxy) is 2. The van der Waals surface area contributed by atoms with E-state index in [0.29, 0.717) is 16.9 Å². The van der Waals surface area contributed by atoms with Crippen LogP contribution >= 0.6 is 11.8 Å². The number of benzene rings is 2. The molecule has 0 radical (unpaired) electrons. The molecule has 0 amide bonds. The highest BCUT2D eigenvalue weighted by atomic mass is 32.2. The molecule has 0 atom stereocenters. The monoisotopic (exact) mass is 467 g/mol. The molecule has 0 saturated heterocycles. The minimum Gasteiger partial charge on any atom is -0.496 e. The summed E-state index contributed by atoms with van der Waals surface area (Å²) in [6, 6.07) is 7.70. The molecule has 0 N–H and O–H groups in total. The Balaban J connectivity index is 1.88. The van der Waals surface area contributed by atoms with Crippen LogP contribution in [0.5, 0.6) is 11.5 Å². The Morgan fingerprint density at radius 2 is 2.03 bits per heavy atom. The first-order chi connectivity index (χ1) is 15.3. The Labute approximate surface area is 184 Å². The van der Waals surface area contributed by atoms with E-state index >= 15 is 0 Å². The molecule has 0 aliphatic carbocycles. The number of rotatable bonds is 9. The van der Waals surface area contributed by atoms with Gasteiger partial charge in [-0.1, -0.05) is 11.8 Å². The number of thioether (sulfide) groups is 1. The number of hydrogen-bond donors (Lipinski definition) is 0. The van der Waals surface area contributed by atoms with E-state index in [1.165, 1.54) is 13.3 Å². The van der Waals surface area contributed by atoms with Gasteiger partial charge in [0, 0.05) is 17.7 Å². The largest absolute Gasteiger partial charge is 0.496 e. The number of nitrogens with zero attached hydrogens (tertiary/aromatic N) is 5.